The molecule has 0 saturated heterocycles. The Balaban J connectivity index is 1.54. The average Bonchev–Trinajstić information content (AvgIpc) is 3.15. The first-order valence-corrected chi connectivity index (χ1v) is 8.93. The monoisotopic (exact) mass is 362 g/mol. The lowest BCUT2D eigenvalue weighted by Crippen LogP contribution is -2.25. The van der Waals surface area contributed by atoms with Crippen LogP contribution in [0.15, 0.2) is 57.7 Å². The van der Waals surface area contributed by atoms with Crippen molar-refractivity contribution in [2.75, 3.05) is 0 Å². The van der Waals surface area contributed by atoms with Gasteiger partial charge >= 0.3 is 5.97 Å². The van der Waals surface area contributed by atoms with Gasteiger partial charge in [-0.3, -0.25) is 9.59 Å². The van der Waals surface area contributed by atoms with E-state index in [1.165, 1.54) is 18.1 Å². The minimum absolute atomic E-state index is 0.215. The summed E-state index contributed by atoms with van der Waals surface area (Å²) in [5, 5.41) is 0.385. The number of benzene rings is 2. The van der Waals surface area contributed by atoms with Gasteiger partial charge in [0.25, 0.3) is 0 Å². The van der Waals surface area contributed by atoms with Crippen molar-refractivity contribution in [3.63, 3.8) is 0 Å². The number of carbonyl (C=O) groups is 2. The number of Topliss-reactive ketones (excluding diaryl/α,β-unsaturated/α-hetero) is 1. The van der Waals surface area contributed by atoms with E-state index in [1.807, 2.05) is 12.1 Å². The van der Waals surface area contributed by atoms with Gasteiger partial charge < -0.3 is 9.15 Å². The zero-order valence-corrected chi connectivity index (χ0v) is 14.9. The van der Waals surface area contributed by atoms with Crippen LogP contribution in [0.4, 0.5) is 0 Å². The maximum atomic E-state index is 12.6. The zero-order chi connectivity index (χ0) is 19.0. The molecular weight excluding hydrogens is 344 g/mol. The number of carbonyl (C=O) groups excluding carboxylic acids is 2. The molecule has 136 valence electrons. The number of esters is 1. The predicted molar refractivity (Wildman–Crippen MR) is 100 cm³/mol. The van der Waals surface area contributed by atoms with Gasteiger partial charge in [-0.05, 0) is 55.5 Å². The number of hydrogen-bond acceptors (Lipinski definition) is 5. The third kappa shape index (κ3) is 3.28. The lowest BCUT2D eigenvalue weighted by Gasteiger charge is -2.13. The van der Waals surface area contributed by atoms with E-state index < -0.39 is 12.1 Å². The maximum absolute atomic E-state index is 12.6. The predicted octanol–water partition coefficient (Wildman–Crippen LogP) is 3.71. The van der Waals surface area contributed by atoms with Crippen molar-refractivity contribution in [2.24, 2.45) is 0 Å². The molecule has 0 bridgehead atoms. The smallest absolute Gasteiger partial charge is 0.375 e. The van der Waals surface area contributed by atoms with Crippen molar-refractivity contribution in [1.82, 2.24) is 0 Å². The van der Waals surface area contributed by atoms with Crippen LogP contribution in [0.5, 0.6) is 0 Å². The molecule has 0 N–H and O–H groups in total. The SMILES string of the molecule is CC(OC(=O)c1cc(=O)c2ccccc2o1)C(=O)c1ccc2c(c1)CCC2. The Hall–Kier alpha value is -3.21. The van der Waals surface area contributed by atoms with Crippen LogP contribution in [0.2, 0.25) is 0 Å². The van der Waals surface area contributed by atoms with E-state index in [1.54, 1.807) is 30.3 Å². The number of aryl methyl sites for hydroxylation is 2. The van der Waals surface area contributed by atoms with Gasteiger partial charge in [0.1, 0.15) is 5.58 Å². The van der Waals surface area contributed by atoms with Crippen molar-refractivity contribution in [3.05, 3.63) is 81.2 Å². The zero-order valence-electron chi connectivity index (χ0n) is 14.9. The highest BCUT2D eigenvalue weighted by Crippen LogP contribution is 2.24. The quantitative estimate of drug-likeness (QED) is 0.522. The Morgan fingerprint density at radius 2 is 1.81 bits per heavy atom. The second kappa shape index (κ2) is 6.83. The van der Waals surface area contributed by atoms with Crippen molar-refractivity contribution < 1.29 is 18.7 Å². The molecule has 1 aliphatic rings. The molecule has 1 aromatic heterocycles. The third-order valence-corrected chi connectivity index (χ3v) is 4.87. The van der Waals surface area contributed by atoms with E-state index in [0.29, 0.717) is 16.5 Å². The van der Waals surface area contributed by atoms with Crippen molar-refractivity contribution >= 4 is 22.7 Å². The first kappa shape index (κ1) is 17.2. The first-order valence-electron chi connectivity index (χ1n) is 8.93. The number of ketones is 1. The number of fused-ring (bicyclic) bond motifs is 2. The Labute approximate surface area is 155 Å². The normalized spacial score (nSPS) is 14.0. The number of para-hydroxylation sites is 1. The molecule has 0 spiro atoms. The van der Waals surface area contributed by atoms with Crippen LogP contribution in [0.3, 0.4) is 0 Å². The highest BCUT2D eigenvalue weighted by Gasteiger charge is 2.23. The average molecular weight is 362 g/mol. The molecule has 1 heterocycles. The highest BCUT2D eigenvalue weighted by atomic mass is 16.6. The van der Waals surface area contributed by atoms with Gasteiger partial charge in [-0.1, -0.05) is 24.3 Å². The van der Waals surface area contributed by atoms with Crippen LogP contribution in [0.25, 0.3) is 11.0 Å². The fraction of sp³-hybridized carbons (Fsp3) is 0.227. The molecule has 3 aromatic rings. The van der Waals surface area contributed by atoms with E-state index >= 15 is 0 Å². The molecule has 0 aliphatic heterocycles. The van der Waals surface area contributed by atoms with Crippen LogP contribution in [-0.4, -0.2) is 17.9 Å². The van der Waals surface area contributed by atoms with Crippen molar-refractivity contribution in [3.8, 4) is 0 Å². The van der Waals surface area contributed by atoms with E-state index in [2.05, 4.69) is 0 Å². The fourth-order valence-corrected chi connectivity index (χ4v) is 3.44. The molecule has 1 atom stereocenters. The van der Waals surface area contributed by atoms with E-state index in [9.17, 15) is 14.4 Å². The van der Waals surface area contributed by atoms with E-state index in [0.717, 1.165) is 25.3 Å². The van der Waals surface area contributed by atoms with Crippen LogP contribution >= 0.6 is 0 Å². The largest absolute Gasteiger partial charge is 0.449 e. The van der Waals surface area contributed by atoms with E-state index in [-0.39, 0.29) is 17.0 Å². The molecule has 4 rings (SSSR count). The van der Waals surface area contributed by atoms with Gasteiger partial charge in [-0.2, -0.15) is 0 Å². The molecular formula is C22H18O5. The molecule has 0 amide bonds. The van der Waals surface area contributed by atoms with Gasteiger partial charge in [0, 0.05) is 11.6 Å². The molecule has 1 aliphatic carbocycles. The third-order valence-electron chi connectivity index (χ3n) is 4.87. The lowest BCUT2D eigenvalue weighted by atomic mass is 10.0. The first-order chi connectivity index (χ1) is 13.0. The molecule has 5 heteroatoms. The van der Waals surface area contributed by atoms with Crippen LogP contribution < -0.4 is 5.43 Å². The molecule has 5 nitrogen and oxygen atoms in total. The number of rotatable bonds is 4. The Bertz CT molecular complexity index is 1110. The molecule has 1 unspecified atom stereocenters. The molecule has 27 heavy (non-hydrogen) atoms. The van der Waals surface area contributed by atoms with Crippen LogP contribution in [0, 0.1) is 0 Å². The molecule has 2 aromatic carbocycles. The van der Waals surface area contributed by atoms with Crippen molar-refractivity contribution in [1.29, 1.82) is 0 Å². The second-order valence-electron chi connectivity index (χ2n) is 6.72. The highest BCUT2D eigenvalue weighted by molar-refractivity contribution is 6.01. The standard InChI is InChI=1S/C22H18O5/c1-13(21(24)16-10-9-14-5-4-6-15(14)11-16)26-22(25)20-12-18(23)17-7-2-3-8-19(17)27-20/h2-3,7-13H,4-6H2,1H3. The van der Waals surface area contributed by atoms with Gasteiger partial charge in [0.05, 0.1) is 5.39 Å². The molecule has 0 radical (unpaired) electrons. The summed E-state index contributed by atoms with van der Waals surface area (Å²) in [5.41, 5.74) is 2.95. The summed E-state index contributed by atoms with van der Waals surface area (Å²) in [5.74, 6) is -1.33. The summed E-state index contributed by atoms with van der Waals surface area (Å²) in [7, 11) is 0. The molecule has 0 saturated carbocycles. The van der Waals surface area contributed by atoms with Gasteiger partial charge in [0.15, 0.2) is 11.5 Å². The topological polar surface area (TPSA) is 73.6 Å². The van der Waals surface area contributed by atoms with Crippen molar-refractivity contribution in [2.45, 2.75) is 32.3 Å². The fourth-order valence-electron chi connectivity index (χ4n) is 3.44. The molecule has 0 fully saturated rings. The summed E-state index contributed by atoms with van der Waals surface area (Å²) in [6.45, 7) is 1.52. The second-order valence-corrected chi connectivity index (χ2v) is 6.72. The maximum Gasteiger partial charge on any atom is 0.375 e. The minimum Gasteiger partial charge on any atom is -0.449 e. The Kier molecular flexibility index (Phi) is 4.36. The van der Waals surface area contributed by atoms with Crippen LogP contribution in [-0.2, 0) is 17.6 Å². The minimum atomic E-state index is -0.978. The summed E-state index contributed by atoms with van der Waals surface area (Å²) in [6, 6.07) is 13.4. The summed E-state index contributed by atoms with van der Waals surface area (Å²) >= 11 is 0. The van der Waals surface area contributed by atoms with Crippen LogP contribution in [0.1, 0.15) is 45.4 Å². The van der Waals surface area contributed by atoms with Gasteiger partial charge in [-0.15, -0.1) is 0 Å². The van der Waals surface area contributed by atoms with Gasteiger partial charge in [-0.25, -0.2) is 4.79 Å². The summed E-state index contributed by atoms with van der Waals surface area (Å²) in [4.78, 5) is 37.1. The number of ether oxygens (including phenoxy) is 1. The Morgan fingerprint density at radius 3 is 2.67 bits per heavy atom. The summed E-state index contributed by atoms with van der Waals surface area (Å²) < 4.78 is 10.7. The van der Waals surface area contributed by atoms with Gasteiger partial charge in [0.2, 0.25) is 11.5 Å². The lowest BCUT2D eigenvalue weighted by molar-refractivity contribution is 0.0289. The Morgan fingerprint density at radius 1 is 1.04 bits per heavy atom. The summed E-state index contributed by atoms with van der Waals surface area (Å²) in [6.07, 6.45) is 2.12. The van der Waals surface area contributed by atoms with E-state index in [4.69, 9.17) is 9.15 Å². The number of hydrogen-bond donors (Lipinski definition) is 0.